The van der Waals surface area contributed by atoms with Gasteiger partial charge in [0.15, 0.2) is 5.82 Å². The van der Waals surface area contributed by atoms with Crippen LogP contribution in [0.4, 0.5) is 11.4 Å². The Morgan fingerprint density at radius 3 is 2.51 bits per heavy atom. The second kappa shape index (κ2) is 11.6. The van der Waals surface area contributed by atoms with Crippen LogP contribution in [0.5, 0.6) is 0 Å². The van der Waals surface area contributed by atoms with E-state index in [-0.39, 0.29) is 11.5 Å². The fourth-order valence-corrected chi connectivity index (χ4v) is 4.71. The number of allylic oxidation sites excluding steroid dienone is 2. The monoisotopic (exact) mass is 475 g/mol. The van der Waals surface area contributed by atoms with Gasteiger partial charge in [0.1, 0.15) is 5.71 Å². The third-order valence-electron chi connectivity index (χ3n) is 6.83. The van der Waals surface area contributed by atoms with Crippen LogP contribution < -0.4 is 10.5 Å². The van der Waals surface area contributed by atoms with Gasteiger partial charge in [0, 0.05) is 24.3 Å². The molecule has 0 saturated carbocycles. The zero-order chi connectivity index (χ0) is 25.7. The molecule has 0 fully saturated rings. The van der Waals surface area contributed by atoms with Gasteiger partial charge in [-0.3, -0.25) is 4.79 Å². The molecule has 0 amide bonds. The lowest BCUT2D eigenvalue weighted by atomic mass is 9.99. The van der Waals surface area contributed by atoms with Crippen molar-refractivity contribution in [2.24, 2.45) is 16.0 Å². The first-order chi connectivity index (χ1) is 16.7. The highest BCUT2D eigenvalue weighted by Crippen LogP contribution is 2.27. The number of aromatic nitrogens is 2. The summed E-state index contributed by atoms with van der Waals surface area (Å²) in [4.78, 5) is 25.1. The Hall–Kier alpha value is -3.02. The van der Waals surface area contributed by atoms with Crippen molar-refractivity contribution in [3.05, 3.63) is 63.4 Å². The number of hydrogen-bond donors (Lipinski definition) is 0. The first-order valence-electron chi connectivity index (χ1n) is 13.0. The number of aryl methyl sites for hydroxylation is 1. The van der Waals surface area contributed by atoms with Gasteiger partial charge < -0.3 is 4.90 Å². The van der Waals surface area contributed by atoms with Gasteiger partial charge in [-0.05, 0) is 89.5 Å². The van der Waals surface area contributed by atoms with Crippen LogP contribution in [-0.2, 0) is 0 Å². The Morgan fingerprint density at radius 2 is 1.91 bits per heavy atom. The number of nitrogens with zero attached hydrogens (tertiary/aromatic N) is 5. The number of fused-ring (bicyclic) bond motifs is 1. The predicted molar refractivity (Wildman–Crippen MR) is 149 cm³/mol. The van der Waals surface area contributed by atoms with E-state index in [9.17, 15) is 4.79 Å². The Bertz CT molecular complexity index is 1200. The number of rotatable bonds is 10. The van der Waals surface area contributed by atoms with Crippen molar-refractivity contribution in [3.63, 3.8) is 0 Å². The summed E-state index contributed by atoms with van der Waals surface area (Å²) in [5.41, 5.74) is 5.91. The molecule has 0 radical (unpaired) electrons. The second-order valence-electron chi connectivity index (χ2n) is 9.75. The normalized spacial score (nSPS) is 15.2. The SMILES string of the molecule is C/C=C\C(CC)CCCN(CC)c1ccc(N=C2C(C)=Nn3c2nc(C(C)C)c(C)c3=O)c(C)c1. The minimum Gasteiger partial charge on any atom is -0.372 e. The number of benzene rings is 1. The minimum absolute atomic E-state index is 0.117. The molecule has 1 aliphatic heterocycles. The lowest BCUT2D eigenvalue weighted by molar-refractivity contribution is 0.541. The van der Waals surface area contributed by atoms with Gasteiger partial charge >= 0.3 is 0 Å². The average molecular weight is 476 g/mol. The molecule has 1 aliphatic rings. The van der Waals surface area contributed by atoms with Crippen molar-refractivity contribution in [1.82, 2.24) is 9.66 Å². The molecule has 0 aliphatic carbocycles. The van der Waals surface area contributed by atoms with E-state index in [0.717, 1.165) is 30.0 Å². The molecule has 188 valence electrons. The van der Waals surface area contributed by atoms with E-state index in [4.69, 9.17) is 9.98 Å². The molecule has 1 aromatic carbocycles. The van der Waals surface area contributed by atoms with Gasteiger partial charge in [0.2, 0.25) is 0 Å². The number of aliphatic imine (C=N–C) groups is 1. The fraction of sp³-hybridized carbons (Fsp3) is 0.517. The van der Waals surface area contributed by atoms with Crippen molar-refractivity contribution in [3.8, 4) is 0 Å². The maximum atomic E-state index is 12.9. The molecule has 2 aromatic rings. The highest BCUT2D eigenvalue weighted by molar-refractivity contribution is 6.48. The summed E-state index contributed by atoms with van der Waals surface area (Å²) in [5, 5.41) is 4.46. The average Bonchev–Trinajstić information content (AvgIpc) is 3.14. The van der Waals surface area contributed by atoms with Crippen LogP contribution in [-0.4, -0.2) is 34.2 Å². The molecule has 3 rings (SSSR count). The minimum atomic E-state index is -0.117. The summed E-state index contributed by atoms with van der Waals surface area (Å²) in [6, 6.07) is 6.43. The molecule has 2 heterocycles. The molecule has 1 atom stereocenters. The Kier molecular flexibility index (Phi) is 8.82. The van der Waals surface area contributed by atoms with Crippen LogP contribution in [0.3, 0.4) is 0 Å². The quantitative estimate of drug-likeness (QED) is 0.366. The van der Waals surface area contributed by atoms with E-state index in [1.54, 1.807) is 0 Å². The first kappa shape index (κ1) is 26.6. The van der Waals surface area contributed by atoms with Crippen molar-refractivity contribution in [2.45, 2.75) is 80.6 Å². The third kappa shape index (κ3) is 5.80. The lowest BCUT2D eigenvalue weighted by Crippen LogP contribution is -2.26. The smallest absolute Gasteiger partial charge is 0.277 e. The molecule has 35 heavy (non-hydrogen) atoms. The van der Waals surface area contributed by atoms with Crippen LogP contribution in [0.25, 0.3) is 0 Å². The molecular weight excluding hydrogens is 434 g/mol. The molecule has 1 unspecified atom stereocenters. The van der Waals surface area contributed by atoms with Crippen molar-refractivity contribution in [2.75, 3.05) is 18.0 Å². The Balaban J connectivity index is 1.86. The van der Waals surface area contributed by atoms with Crippen molar-refractivity contribution in [1.29, 1.82) is 0 Å². The zero-order valence-corrected chi connectivity index (χ0v) is 22.7. The predicted octanol–water partition coefficient (Wildman–Crippen LogP) is 6.55. The molecular formula is C29H41N5O. The second-order valence-corrected chi connectivity index (χ2v) is 9.75. The van der Waals surface area contributed by atoms with E-state index >= 15 is 0 Å². The van der Waals surface area contributed by atoms with E-state index < -0.39 is 0 Å². The molecule has 0 N–H and O–H groups in total. The third-order valence-corrected chi connectivity index (χ3v) is 6.83. The van der Waals surface area contributed by atoms with Crippen LogP contribution in [0.1, 0.15) is 89.4 Å². The summed E-state index contributed by atoms with van der Waals surface area (Å²) in [5.74, 6) is 1.36. The summed E-state index contributed by atoms with van der Waals surface area (Å²) >= 11 is 0. The van der Waals surface area contributed by atoms with E-state index in [1.165, 1.54) is 29.6 Å². The van der Waals surface area contributed by atoms with Crippen molar-refractivity contribution < 1.29 is 0 Å². The molecule has 0 spiro atoms. The summed E-state index contributed by atoms with van der Waals surface area (Å²) in [6.07, 6.45) is 8.07. The van der Waals surface area contributed by atoms with Crippen molar-refractivity contribution >= 4 is 22.8 Å². The highest BCUT2D eigenvalue weighted by Gasteiger charge is 2.26. The van der Waals surface area contributed by atoms with Crippen LogP contribution >= 0.6 is 0 Å². The Labute approximate surface area is 210 Å². The maximum absolute atomic E-state index is 12.9. The van der Waals surface area contributed by atoms with Crippen LogP contribution in [0.2, 0.25) is 0 Å². The summed E-state index contributed by atoms with van der Waals surface area (Å²) < 4.78 is 1.40. The highest BCUT2D eigenvalue weighted by atomic mass is 16.1. The van der Waals surface area contributed by atoms with Gasteiger partial charge in [-0.15, -0.1) is 0 Å². The van der Waals surface area contributed by atoms with Gasteiger partial charge in [-0.2, -0.15) is 9.78 Å². The summed E-state index contributed by atoms with van der Waals surface area (Å²) in [6.45, 7) is 18.5. The molecule has 0 saturated heterocycles. The standard InChI is InChI=1S/C29H41N5O/c1-9-13-23(10-2)14-12-17-33(11-3)24-15-16-25(20(6)18-24)30-27-22(8)32-34-28(27)31-26(19(4)5)21(7)29(34)35/h9,13,15-16,18-19,23H,10-12,14,17H2,1-8H3/b13-9-,30-27?. The van der Waals surface area contributed by atoms with Crippen LogP contribution in [0, 0.1) is 19.8 Å². The van der Waals surface area contributed by atoms with Gasteiger partial charge in [-0.1, -0.05) is 32.9 Å². The molecule has 1 aromatic heterocycles. The molecule has 6 heteroatoms. The fourth-order valence-electron chi connectivity index (χ4n) is 4.71. The van der Waals surface area contributed by atoms with E-state index in [2.05, 4.69) is 81.9 Å². The maximum Gasteiger partial charge on any atom is 0.277 e. The lowest BCUT2D eigenvalue weighted by Gasteiger charge is -2.24. The van der Waals surface area contributed by atoms with E-state index in [0.29, 0.717) is 28.7 Å². The van der Waals surface area contributed by atoms with Gasteiger partial charge in [0.05, 0.1) is 17.1 Å². The molecule has 6 nitrogen and oxygen atoms in total. The van der Waals surface area contributed by atoms with Crippen LogP contribution in [0.15, 0.2) is 45.2 Å². The topological polar surface area (TPSA) is 62.9 Å². The van der Waals surface area contributed by atoms with Gasteiger partial charge in [-0.25, -0.2) is 9.98 Å². The number of hydrogen-bond acceptors (Lipinski definition) is 5. The van der Waals surface area contributed by atoms with E-state index in [1.807, 2.05) is 13.8 Å². The van der Waals surface area contributed by atoms with Gasteiger partial charge in [0.25, 0.3) is 5.56 Å². The zero-order valence-electron chi connectivity index (χ0n) is 22.7. The largest absolute Gasteiger partial charge is 0.372 e. The first-order valence-corrected chi connectivity index (χ1v) is 13.0. The number of anilines is 1. The molecule has 0 bridgehead atoms. The Morgan fingerprint density at radius 1 is 1.17 bits per heavy atom. The summed E-state index contributed by atoms with van der Waals surface area (Å²) in [7, 11) is 0.